The summed E-state index contributed by atoms with van der Waals surface area (Å²) in [6.45, 7) is 3.84. The predicted octanol–water partition coefficient (Wildman–Crippen LogP) is 3.05. The van der Waals surface area contributed by atoms with Crippen molar-refractivity contribution in [3.8, 4) is 0 Å². The summed E-state index contributed by atoms with van der Waals surface area (Å²) in [6, 6.07) is 1.07. The minimum absolute atomic E-state index is 0.382. The summed E-state index contributed by atoms with van der Waals surface area (Å²) >= 11 is 0. The average molecular weight is 270 g/mol. The molecule has 0 aliphatic rings. The molecule has 2 aromatic heterocycles. The van der Waals surface area contributed by atoms with Crippen LogP contribution in [-0.2, 0) is 12.7 Å². The number of aromatic amines is 1. The van der Waals surface area contributed by atoms with Crippen molar-refractivity contribution >= 4 is 5.82 Å². The molecule has 0 aromatic carbocycles. The van der Waals surface area contributed by atoms with E-state index in [1.807, 2.05) is 6.92 Å². The maximum absolute atomic E-state index is 12.5. The smallest absolute Gasteiger partial charge is 0.363 e. The Hall–Kier alpha value is -2.05. The van der Waals surface area contributed by atoms with Crippen molar-refractivity contribution in [1.82, 2.24) is 15.0 Å². The van der Waals surface area contributed by atoms with Gasteiger partial charge in [0.15, 0.2) is 0 Å². The van der Waals surface area contributed by atoms with Crippen LogP contribution in [0.4, 0.5) is 19.0 Å². The van der Waals surface area contributed by atoms with E-state index in [-0.39, 0.29) is 0 Å². The van der Waals surface area contributed by atoms with E-state index in [1.165, 1.54) is 0 Å². The second-order valence-corrected chi connectivity index (χ2v) is 4.25. The molecule has 0 spiro atoms. The molecule has 2 N–H and O–H groups in total. The fourth-order valence-electron chi connectivity index (χ4n) is 1.64. The molecule has 0 radical (unpaired) electrons. The molecule has 0 bridgehead atoms. The van der Waals surface area contributed by atoms with Crippen LogP contribution in [-0.4, -0.2) is 15.0 Å². The monoisotopic (exact) mass is 270 g/mol. The molecule has 7 heteroatoms. The molecule has 0 saturated heterocycles. The topological polar surface area (TPSA) is 53.6 Å². The number of aromatic nitrogens is 3. The lowest BCUT2D eigenvalue weighted by Crippen LogP contribution is -2.09. The number of nitrogens with zero attached hydrogens (tertiary/aromatic N) is 2. The first-order valence-electron chi connectivity index (χ1n) is 5.64. The molecule has 0 atom stereocenters. The summed E-state index contributed by atoms with van der Waals surface area (Å²) in [4.78, 5) is 10.9. The average Bonchev–Trinajstić information content (AvgIpc) is 2.72. The SMILES string of the molecule is Cc1cnc(CNc2ncc(C(F)(F)F)cc2C)[nH]1. The normalized spacial score (nSPS) is 11.6. The zero-order valence-electron chi connectivity index (χ0n) is 10.5. The van der Waals surface area contributed by atoms with Gasteiger partial charge in [-0.05, 0) is 25.5 Å². The van der Waals surface area contributed by atoms with Gasteiger partial charge in [-0.3, -0.25) is 0 Å². The molecule has 0 amide bonds. The molecule has 0 saturated carbocycles. The number of rotatable bonds is 3. The third-order valence-corrected chi connectivity index (χ3v) is 2.58. The van der Waals surface area contributed by atoms with Gasteiger partial charge in [0.1, 0.15) is 11.6 Å². The lowest BCUT2D eigenvalue weighted by molar-refractivity contribution is -0.137. The number of pyridine rings is 1. The number of halogens is 3. The Balaban J connectivity index is 2.09. The molecular formula is C12H13F3N4. The Morgan fingerprint density at radius 1 is 1.21 bits per heavy atom. The van der Waals surface area contributed by atoms with Gasteiger partial charge in [0.05, 0.1) is 12.1 Å². The molecule has 0 aliphatic carbocycles. The Labute approximate surface area is 108 Å². The van der Waals surface area contributed by atoms with E-state index in [0.717, 1.165) is 18.0 Å². The van der Waals surface area contributed by atoms with Gasteiger partial charge >= 0.3 is 6.18 Å². The van der Waals surface area contributed by atoms with E-state index in [0.29, 0.717) is 23.8 Å². The van der Waals surface area contributed by atoms with Gasteiger partial charge in [-0.2, -0.15) is 13.2 Å². The van der Waals surface area contributed by atoms with Crippen molar-refractivity contribution in [2.45, 2.75) is 26.6 Å². The number of hydrogen-bond donors (Lipinski definition) is 2. The number of anilines is 1. The van der Waals surface area contributed by atoms with Gasteiger partial charge in [-0.25, -0.2) is 9.97 Å². The van der Waals surface area contributed by atoms with Gasteiger partial charge in [0, 0.05) is 18.1 Å². The fraction of sp³-hybridized carbons (Fsp3) is 0.333. The Morgan fingerprint density at radius 3 is 2.47 bits per heavy atom. The zero-order chi connectivity index (χ0) is 14.0. The van der Waals surface area contributed by atoms with Crippen LogP contribution in [0.15, 0.2) is 18.5 Å². The van der Waals surface area contributed by atoms with E-state index in [4.69, 9.17) is 0 Å². The summed E-state index contributed by atoms with van der Waals surface area (Å²) in [6.07, 6.45) is -1.86. The van der Waals surface area contributed by atoms with E-state index in [9.17, 15) is 13.2 Å². The zero-order valence-corrected chi connectivity index (χ0v) is 10.5. The fourth-order valence-corrected chi connectivity index (χ4v) is 1.64. The number of hydrogen-bond acceptors (Lipinski definition) is 3. The van der Waals surface area contributed by atoms with Gasteiger partial charge in [-0.15, -0.1) is 0 Å². The molecule has 2 heterocycles. The van der Waals surface area contributed by atoms with Gasteiger partial charge in [-0.1, -0.05) is 0 Å². The Kier molecular flexibility index (Phi) is 3.46. The third-order valence-electron chi connectivity index (χ3n) is 2.58. The second-order valence-electron chi connectivity index (χ2n) is 4.25. The highest BCUT2D eigenvalue weighted by Crippen LogP contribution is 2.30. The standard InChI is InChI=1S/C12H13F3N4/c1-7-3-9(12(13,14)15)5-17-11(7)18-6-10-16-4-8(2)19-10/h3-5H,6H2,1-2H3,(H,16,19)(H,17,18). The van der Waals surface area contributed by atoms with E-state index >= 15 is 0 Å². The van der Waals surface area contributed by atoms with E-state index in [1.54, 1.807) is 13.1 Å². The molecule has 0 aliphatic heterocycles. The molecule has 19 heavy (non-hydrogen) atoms. The quantitative estimate of drug-likeness (QED) is 0.901. The third kappa shape index (κ3) is 3.24. The minimum atomic E-state index is -4.37. The summed E-state index contributed by atoms with van der Waals surface area (Å²) in [7, 11) is 0. The van der Waals surface area contributed by atoms with Crippen molar-refractivity contribution in [2.24, 2.45) is 0 Å². The highest BCUT2D eigenvalue weighted by Gasteiger charge is 2.31. The number of aryl methyl sites for hydroxylation is 2. The van der Waals surface area contributed by atoms with Crippen LogP contribution in [0.1, 0.15) is 22.6 Å². The van der Waals surface area contributed by atoms with Gasteiger partial charge < -0.3 is 10.3 Å². The Morgan fingerprint density at radius 2 is 1.95 bits per heavy atom. The maximum Gasteiger partial charge on any atom is 0.417 e. The van der Waals surface area contributed by atoms with Gasteiger partial charge in [0.25, 0.3) is 0 Å². The summed E-state index contributed by atoms with van der Waals surface area (Å²) < 4.78 is 37.4. The molecule has 2 aromatic rings. The Bertz CT molecular complexity index is 575. The summed E-state index contributed by atoms with van der Waals surface area (Å²) in [5.74, 6) is 1.13. The van der Waals surface area contributed by atoms with Crippen LogP contribution in [0, 0.1) is 13.8 Å². The first kappa shape index (κ1) is 13.4. The van der Waals surface area contributed by atoms with E-state index < -0.39 is 11.7 Å². The lowest BCUT2D eigenvalue weighted by atomic mass is 10.2. The number of imidazole rings is 1. The summed E-state index contributed by atoms with van der Waals surface area (Å²) in [5, 5.41) is 2.95. The maximum atomic E-state index is 12.5. The van der Waals surface area contributed by atoms with Crippen molar-refractivity contribution < 1.29 is 13.2 Å². The molecule has 0 fully saturated rings. The van der Waals surface area contributed by atoms with E-state index in [2.05, 4.69) is 20.3 Å². The largest absolute Gasteiger partial charge is 0.417 e. The van der Waals surface area contributed by atoms with Crippen LogP contribution in [0.2, 0.25) is 0 Å². The molecule has 4 nitrogen and oxygen atoms in total. The number of H-pyrrole nitrogens is 1. The lowest BCUT2D eigenvalue weighted by Gasteiger charge is -2.11. The van der Waals surface area contributed by atoms with Crippen LogP contribution >= 0.6 is 0 Å². The highest BCUT2D eigenvalue weighted by molar-refractivity contribution is 5.45. The number of nitrogens with one attached hydrogen (secondary N) is 2. The molecule has 2 rings (SSSR count). The van der Waals surface area contributed by atoms with Crippen LogP contribution in [0.5, 0.6) is 0 Å². The van der Waals surface area contributed by atoms with Crippen molar-refractivity contribution in [1.29, 1.82) is 0 Å². The van der Waals surface area contributed by atoms with Gasteiger partial charge in [0.2, 0.25) is 0 Å². The molecule has 102 valence electrons. The summed E-state index contributed by atoms with van der Waals surface area (Å²) in [5.41, 5.74) is 0.622. The first-order valence-corrected chi connectivity index (χ1v) is 5.64. The molecular weight excluding hydrogens is 257 g/mol. The van der Waals surface area contributed by atoms with Crippen molar-refractivity contribution in [3.05, 3.63) is 41.1 Å². The predicted molar refractivity (Wildman–Crippen MR) is 64.6 cm³/mol. The second kappa shape index (κ2) is 4.91. The highest BCUT2D eigenvalue weighted by atomic mass is 19.4. The minimum Gasteiger partial charge on any atom is -0.363 e. The number of alkyl halides is 3. The first-order chi connectivity index (χ1) is 8.86. The molecule has 0 unspecified atom stereocenters. The van der Waals surface area contributed by atoms with Crippen LogP contribution in [0.25, 0.3) is 0 Å². The van der Waals surface area contributed by atoms with Crippen molar-refractivity contribution in [3.63, 3.8) is 0 Å². The van der Waals surface area contributed by atoms with Crippen molar-refractivity contribution in [2.75, 3.05) is 5.32 Å². The van der Waals surface area contributed by atoms with Crippen LogP contribution in [0.3, 0.4) is 0 Å². The van der Waals surface area contributed by atoms with Crippen LogP contribution < -0.4 is 5.32 Å².